The number of carbonyl (C=O) groups excluding carboxylic acids is 4. The van der Waals surface area contributed by atoms with E-state index in [9.17, 15) is 24.3 Å². The molecule has 0 unspecified atom stereocenters. The first-order valence-electron chi connectivity index (χ1n) is 11.4. The number of phenols is 1. The van der Waals surface area contributed by atoms with Crippen molar-refractivity contribution >= 4 is 52.9 Å². The van der Waals surface area contributed by atoms with E-state index < -0.39 is 51.1 Å². The number of halogens is 2. The van der Waals surface area contributed by atoms with Crippen LogP contribution < -0.4 is 14.8 Å². The molecule has 36 heavy (non-hydrogen) atoms. The summed E-state index contributed by atoms with van der Waals surface area (Å²) in [7, 11) is 4.14. The van der Waals surface area contributed by atoms with Gasteiger partial charge in [0, 0.05) is 13.0 Å². The van der Waals surface area contributed by atoms with Crippen LogP contribution in [-0.2, 0) is 19.2 Å². The molecule has 0 radical (unpaired) electrons. The normalized spacial score (nSPS) is 35.4. The van der Waals surface area contributed by atoms with Crippen molar-refractivity contribution in [3.05, 3.63) is 35.4 Å². The van der Waals surface area contributed by atoms with Crippen LogP contribution in [0.5, 0.6) is 17.2 Å². The van der Waals surface area contributed by atoms with E-state index in [1.807, 2.05) is 6.08 Å². The Kier molecular flexibility index (Phi) is 5.64. The molecule has 11 heteroatoms. The van der Waals surface area contributed by atoms with E-state index in [0.717, 1.165) is 4.90 Å². The largest absolute Gasteiger partial charge is 0.502 e. The maximum Gasteiger partial charge on any atom is 0.253 e. The van der Waals surface area contributed by atoms with Crippen LogP contribution in [0.4, 0.5) is 0 Å². The Labute approximate surface area is 217 Å². The molecule has 2 aliphatic heterocycles. The number of nitrogens with zero attached hydrogens (tertiary/aromatic N) is 1. The molecule has 1 aromatic carbocycles. The Bertz CT molecular complexity index is 1250. The van der Waals surface area contributed by atoms with E-state index in [2.05, 4.69) is 5.32 Å². The quantitative estimate of drug-likeness (QED) is 0.345. The SMILES string of the molecule is COc1cc(C=C[C@H]2C3=CC[C@@H]4C(=O)NC(=O)[C@@H]4[C@@H]3C[C@@]3(Cl)C(=O)N(C)C(=O)[C@@]23Cl)cc(OC)c1O. The predicted molar refractivity (Wildman–Crippen MR) is 130 cm³/mol. The molecule has 9 nitrogen and oxygen atoms in total. The number of methoxy groups -OCH3 is 2. The molecular weight excluding hydrogens is 511 g/mol. The van der Waals surface area contributed by atoms with Gasteiger partial charge in [0.2, 0.25) is 17.6 Å². The van der Waals surface area contributed by atoms with Gasteiger partial charge in [0.25, 0.3) is 11.8 Å². The van der Waals surface area contributed by atoms with Gasteiger partial charge in [0.15, 0.2) is 21.2 Å². The highest BCUT2D eigenvalue weighted by Crippen LogP contribution is 2.62. The Hall–Kier alpha value is -3.04. The second-order valence-corrected chi connectivity index (χ2v) is 10.8. The highest BCUT2D eigenvalue weighted by molar-refractivity contribution is 6.53. The van der Waals surface area contributed by atoms with E-state index in [4.69, 9.17) is 32.7 Å². The number of amides is 4. The Balaban J connectivity index is 1.66. The molecule has 3 fully saturated rings. The third-order valence-corrected chi connectivity index (χ3v) is 9.33. The van der Waals surface area contributed by atoms with Crippen LogP contribution in [0.25, 0.3) is 6.08 Å². The minimum atomic E-state index is -1.84. The number of carbonyl (C=O) groups is 4. The number of allylic oxidation sites excluding steroid dienone is 3. The van der Waals surface area contributed by atoms with Crippen molar-refractivity contribution in [2.75, 3.05) is 21.3 Å². The molecule has 1 aromatic rings. The fraction of sp³-hybridized carbons (Fsp3) is 0.440. The Morgan fingerprint density at radius 1 is 1.06 bits per heavy atom. The topological polar surface area (TPSA) is 122 Å². The molecule has 6 atom stereocenters. The summed E-state index contributed by atoms with van der Waals surface area (Å²) >= 11 is 14.0. The minimum Gasteiger partial charge on any atom is -0.502 e. The summed E-state index contributed by atoms with van der Waals surface area (Å²) in [5.41, 5.74) is 1.26. The van der Waals surface area contributed by atoms with E-state index in [1.54, 1.807) is 24.3 Å². The van der Waals surface area contributed by atoms with Gasteiger partial charge in [-0.3, -0.25) is 29.4 Å². The van der Waals surface area contributed by atoms with Gasteiger partial charge in [-0.2, -0.15) is 0 Å². The first-order chi connectivity index (χ1) is 17.0. The van der Waals surface area contributed by atoms with Crippen LogP contribution in [0.1, 0.15) is 18.4 Å². The standard InChI is InChI=1S/C25H24Cl2N2O7/c1-29-22(33)24(26)10-14-12(5-6-13-18(14)21(32)28-20(13)31)15(25(24,27)23(29)34)7-4-11-8-16(35-2)19(30)17(9-11)36-3/h4-5,7-9,13-15,18,30H,6,10H2,1-3H3,(H,28,31,32)/t13-,14+,15-,18-,24+,25-/m0/s1. The zero-order chi connectivity index (χ0) is 26.2. The second kappa shape index (κ2) is 8.24. The van der Waals surface area contributed by atoms with Crippen LogP contribution in [-0.4, -0.2) is 64.7 Å². The Morgan fingerprint density at radius 2 is 1.69 bits per heavy atom. The molecule has 0 bridgehead atoms. The van der Waals surface area contributed by atoms with Gasteiger partial charge in [-0.15, -0.1) is 23.2 Å². The molecule has 2 N–H and O–H groups in total. The monoisotopic (exact) mass is 534 g/mol. The summed E-state index contributed by atoms with van der Waals surface area (Å²) in [6, 6.07) is 3.15. The molecular formula is C25H24Cl2N2O7. The maximum atomic E-state index is 13.4. The van der Waals surface area contributed by atoms with Crippen LogP contribution in [0.2, 0.25) is 0 Å². The van der Waals surface area contributed by atoms with Gasteiger partial charge in [0.1, 0.15) is 0 Å². The first-order valence-corrected chi connectivity index (χ1v) is 12.1. The van der Waals surface area contributed by atoms with Gasteiger partial charge < -0.3 is 14.6 Å². The number of ether oxygens (including phenoxy) is 2. The van der Waals surface area contributed by atoms with Gasteiger partial charge in [-0.25, -0.2) is 0 Å². The number of fused-ring (bicyclic) bond motifs is 4. The summed E-state index contributed by atoms with van der Waals surface area (Å²) in [6.45, 7) is 0. The Morgan fingerprint density at radius 3 is 2.31 bits per heavy atom. The minimum absolute atomic E-state index is 0.0497. The highest BCUT2D eigenvalue weighted by atomic mass is 35.5. The van der Waals surface area contributed by atoms with Crippen LogP contribution >= 0.6 is 23.2 Å². The zero-order valence-corrected chi connectivity index (χ0v) is 21.2. The zero-order valence-electron chi connectivity index (χ0n) is 19.7. The lowest BCUT2D eigenvalue weighted by Gasteiger charge is -2.49. The van der Waals surface area contributed by atoms with Gasteiger partial charge >= 0.3 is 0 Å². The van der Waals surface area contributed by atoms with Gasteiger partial charge in [-0.05, 0) is 36.5 Å². The van der Waals surface area contributed by atoms with Gasteiger partial charge in [-0.1, -0.05) is 23.8 Å². The third kappa shape index (κ3) is 3.08. The number of hydrogen-bond acceptors (Lipinski definition) is 7. The van der Waals surface area contributed by atoms with Gasteiger partial charge in [0.05, 0.1) is 26.1 Å². The molecule has 2 aliphatic carbocycles. The molecule has 4 amide bonds. The maximum absolute atomic E-state index is 13.4. The third-order valence-electron chi connectivity index (χ3n) is 7.90. The lowest BCUT2D eigenvalue weighted by molar-refractivity contribution is -0.138. The molecule has 2 saturated heterocycles. The van der Waals surface area contributed by atoms with Crippen LogP contribution in [0, 0.1) is 23.7 Å². The summed E-state index contributed by atoms with van der Waals surface area (Å²) in [4.78, 5) is 49.0. The number of nitrogens with one attached hydrogen (secondary N) is 1. The number of phenolic OH excluding ortho intramolecular Hbond substituents is 1. The molecule has 1 saturated carbocycles. The number of aromatic hydroxyl groups is 1. The smallest absolute Gasteiger partial charge is 0.253 e. The number of likely N-dealkylation sites (tertiary alicyclic amines) is 1. The van der Waals surface area contributed by atoms with Crippen molar-refractivity contribution in [2.24, 2.45) is 23.7 Å². The van der Waals surface area contributed by atoms with Crippen molar-refractivity contribution in [1.82, 2.24) is 10.2 Å². The first kappa shape index (κ1) is 24.6. The van der Waals surface area contributed by atoms with Crippen LogP contribution in [0.15, 0.2) is 29.9 Å². The lowest BCUT2D eigenvalue weighted by Crippen LogP contribution is -2.60. The number of rotatable bonds is 4. The molecule has 2 heterocycles. The summed E-state index contributed by atoms with van der Waals surface area (Å²) < 4.78 is 10.4. The number of imide groups is 2. The van der Waals surface area contributed by atoms with Crippen molar-refractivity contribution in [3.8, 4) is 17.2 Å². The molecule has 190 valence electrons. The number of benzene rings is 1. The number of hydrogen-bond donors (Lipinski definition) is 2. The van der Waals surface area contributed by atoms with Crippen molar-refractivity contribution < 1.29 is 33.8 Å². The van der Waals surface area contributed by atoms with E-state index in [1.165, 1.54) is 21.3 Å². The van der Waals surface area contributed by atoms with E-state index >= 15 is 0 Å². The fourth-order valence-electron chi connectivity index (χ4n) is 6.12. The highest BCUT2D eigenvalue weighted by Gasteiger charge is 2.74. The van der Waals surface area contributed by atoms with E-state index in [0.29, 0.717) is 17.6 Å². The van der Waals surface area contributed by atoms with Crippen molar-refractivity contribution in [3.63, 3.8) is 0 Å². The second-order valence-electron chi connectivity index (χ2n) is 9.53. The summed E-state index contributed by atoms with van der Waals surface area (Å²) in [5.74, 6) is -4.52. The summed E-state index contributed by atoms with van der Waals surface area (Å²) in [5, 5.41) is 12.6. The van der Waals surface area contributed by atoms with Crippen molar-refractivity contribution in [1.29, 1.82) is 0 Å². The van der Waals surface area contributed by atoms with Crippen LogP contribution in [0.3, 0.4) is 0 Å². The average Bonchev–Trinajstić information content (AvgIpc) is 3.22. The molecule has 4 aliphatic rings. The average molecular weight is 535 g/mol. The molecule has 5 rings (SSSR count). The van der Waals surface area contributed by atoms with E-state index in [-0.39, 0.29) is 29.6 Å². The lowest BCUT2D eigenvalue weighted by atomic mass is 9.57. The fourth-order valence-corrected chi connectivity index (χ4v) is 7.10. The molecule has 0 spiro atoms. The summed E-state index contributed by atoms with van der Waals surface area (Å²) in [6.07, 6.45) is 5.44. The molecule has 0 aromatic heterocycles. The predicted octanol–water partition coefficient (Wildman–Crippen LogP) is 2.23. The van der Waals surface area contributed by atoms with Crippen molar-refractivity contribution in [2.45, 2.75) is 22.6 Å². The number of alkyl halides is 2.